The van der Waals surface area contributed by atoms with Crippen LogP contribution >= 0.6 is 0 Å². The van der Waals surface area contributed by atoms with E-state index < -0.39 is 0 Å². The van der Waals surface area contributed by atoms with E-state index in [9.17, 15) is 4.79 Å². The summed E-state index contributed by atoms with van der Waals surface area (Å²) in [5.74, 6) is 0.997. The molecule has 0 aliphatic carbocycles. The fraction of sp³-hybridized carbons (Fsp3) is 0.353. The second-order valence-electron chi connectivity index (χ2n) is 6.32. The van der Waals surface area contributed by atoms with E-state index in [2.05, 4.69) is 20.6 Å². The summed E-state index contributed by atoms with van der Waals surface area (Å²) >= 11 is 0. The lowest BCUT2D eigenvalue weighted by molar-refractivity contribution is 0.0914. The number of hydrogen-bond acceptors (Lipinski definition) is 5. The molecule has 6 heteroatoms. The van der Waals surface area contributed by atoms with E-state index in [1.54, 1.807) is 13.2 Å². The molecule has 1 heterocycles. The molecule has 0 aliphatic rings. The highest BCUT2D eigenvalue weighted by atomic mass is 16.5. The number of methoxy groups -OCH3 is 1. The molecule has 0 saturated heterocycles. The van der Waals surface area contributed by atoms with Crippen molar-refractivity contribution in [2.45, 2.75) is 33.2 Å². The fourth-order valence-corrected chi connectivity index (χ4v) is 2.01. The lowest BCUT2D eigenvalue weighted by Crippen LogP contribution is -2.40. The molecule has 0 unspecified atom stereocenters. The molecular weight excluding hydrogens is 292 g/mol. The van der Waals surface area contributed by atoms with Gasteiger partial charge in [0.15, 0.2) is 0 Å². The minimum atomic E-state index is -0.324. The Hall–Kier alpha value is -2.63. The van der Waals surface area contributed by atoms with Crippen LogP contribution in [0.15, 0.2) is 30.6 Å². The van der Waals surface area contributed by atoms with Crippen molar-refractivity contribution in [2.75, 3.05) is 12.4 Å². The maximum absolute atomic E-state index is 12.2. The zero-order valence-electron chi connectivity index (χ0n) is 14.1. The molecule has 0 saturated carbocycles. The molecule has 0 bridgehead atoms. The molecular formula is C17H22N4O2. The average molecular weight is 314 g/mol. The molecule has 2 aromatic rings. The molecule has 1 aromatic carbocycles. The van der Waals surface area contributed by atoms with Gasteiger partial charge in [-0.15, -0.1) is 0 Å². The normalized spacial score (nSPS) is 11.0. The highest BCUT2D eigenvalue weighted by molar-refractivity contribution is 5.93. The van der Waals surface area contributed by atoms with Gasteiger partial charge in [-0.05, 0) is 45.4 Å². The Morgan fingerprint density at radius 2 is 1.91 bits per heavy atom. The van der Waals surface area contributed by atoms with E-state index in [1.165, 1.54) is 6.33 Å². The third kappa shape index (κ3) is 4.67. The molecule has 1 aromatic heterocycles. The Bertz CT molecular complexity index is 708. The molecule has 1 amide bonds. The summed E-state index contributed by atoms with van der Waals surface area (Å²) in [6.45, 7) is 7.75. The number of rotatable bonds is 4. The van der Waals surface area contributed by atoms with Crippen molar-refractivity contribution < 1.29 is 9.53 Å². The van der Waals surface area contributed by atoms with E-state index >= 15 is 0 Å². The molecule has 0 fully saturated rings. The summed E-state index contributed by atoms with van der Waals surface area (Å²) in [7, 11) is 1.61. The number of aromatic nitrogens is 2. The van der Waals surface area contributed by atoms with Crippen LogP contribution in [0, 0.1) is 6.92 Å². The van der Waals surface area contributed by atoms with E-state index in [-0.39, 0.29) is 11.4 Å². The van der Waals surface area contributed by atoms with Gasteiger partial charge in [0.25, 0.3) is 5.91 Å². The van der Waals surface area contributed by atoms with Crippen molar-refractivity contribution in [1.29, 1.82) is 0 Å². The summed E-state index contributed by atoms with van der Waals surface area (Å²) in [5.41, 5.74) is 1.86. The number of carbonyl (C=O) groups is 1. The molecule has 0 spiro atoms. The first-order valence-electron chi connectivity index (χ1n) is 7.35. The highest BCUT2D eigenvalue weighted by Gasteiger charge is 2.17. The zero-order valence-corrected chi connectivity index (χ0v) is 14.1. The second kappa shape index (κ2) is 6.64. The monoisotopic (exact) mass is 314 g/mol. The predicted molar refractivity (Wildman–Crippen MR) is 90.3 cm³/mol. The molecule has 0 aliphatic heterocycles. The minimum Gasteiger partial charge on any atom is -0.495 e. The molecule has 0 radical (unpaired) electrons. The highest BCUT2D eigenvalue weighted by Crippen LogP contribution is 2.27. The van der Waals surface area contributed by atoms with Crippen LogP contribution in [-0.4, -0.2) is 28.5 Å². The van der Waals surface area contributed by atoms with E-state index in [0.717, 1.165) is 11.3 Å². The SMILES string of the molecule is COc1ccc(C)cc1Nc1cc(C(=O)NC(C)(C)C)ncn1. The quantitative estimate of drug-likeness (QED) is 0.907. The van der Waals surface area contributed by atoms with E-state index in [4.69, 9.17) is 4.74 Å². The molecule has 23 heavy (non-hydrogen) atoms. The third-order valence-electron chi connectivity index (χ3n) is 3.01. The topological polar surface area (TPSA) is 76.1 Å². The van der Waals surface area contributed by atoms with Crippen LogP contribution in [0.5, 0.6) is 5.75 Å². The number of nitrogens with zero attached hydrogens (tertiary/aromatic N) is 2. The predicted octanol–water partition coefficient (Wildman–Crippen LogP) is 3.07. The van der Waals surface area contributed by atoms with Crippen LogP contribution < -0.4 is 15.4 Å². The first-order chi connectivity index (χ1) is 10.8. The smallest absolute Gasteiger partial charge is 0.270 e. The van der Waals surface area contributed by atoms with Crippen molar-refractivity contribution in [3.8, 4) is 5.75 Å². The average Bonchev–Trinajstić information content (AvgIpc) is 2.46. The van der Waals surface area contributed by atoms with Crippen molar-refractivity contribution in [1.82, 2.24) is 15.3 Å². The Balaban J connectivity index is 2.24. The van der Waals surface area contributed by atoms with Crippen LogP contribution in [0.25, 0.3) is 0 Å². The third-order valence-corrected chi connectivity index (χ3v) is 3.01. The Morgan fingerprint density at radius 3 is 2.57 bits per heavy atom. The standard InChI is InChI=1S/C17H22N4O2/c1-11-6-7-14(23-5)12(8-11)20-15-9-13(18-10-19-15)16(22)21-17(2,3)4/h6-10H,1-5H3,(H,21,22)(H,18,19,20). The van der Waals surface area contributed by atoms with E-state index in [0.29, 0.717) is 17.3 Å². The van der Waals surface area contributed by atoms with Gasteiger partial charge in [0.05, 0.1) is 12.8 Å². The van der Waals surface area contributed by atoms with E-state index in [1.807, 2.05) is 45.9 Å². The molecule has 2 rings (SSSR count). The number of amides is 1. The lowest BCUT2D eigenvalue weighted by atomic mass is 10.1. The van der Waals surface area contributed by atoms with Crippen molar-refractivity contribution in [3.63, 3.8) is 0 Å². The van der Waals surface area contributed by atoms with Gasteiger partial charge in [-0.25, -0.2) is 9.97 Å². The Kier molecular flexibility index (Phi) is 4.83. The second-order valence-corrected chi connectivity index (χ2v) is 6.32. The van der Waals surface area contributed by atoms with Gasteiger partial charge < -0.3 is 15.4 Å². The van der Waals surface area contributed by atoms with Gasteiger partial charge in [-0.2, -0.15) is 0 Å². The van der Waals surface area contributed by atoms with Gasteiger partial charge in [-0.3, -0.25) is 4.79 Å². The lowest BCUT2D eigenvalue weighted by Gasteiger charge is -2.20. The number of ether oxygens (including phenoxy) is 1. The van der Waals surface area contributed by atoms with Crippen LogP contribution in [0.1, 0.15) is 36.8 Å². The maximum atomic E-state index is 12.2. The maximum Gasteiger partial charge on any atom is 0.270 e. The first kappa shape index (κ1) is 16.7. The van der Waals surface area contributed by atoms with Gasteiger partial charge in [0, 0.05) is 11.6 Å². The number of carbonyl (C=O) groups excluding carboxylic acids is 1. The van der Waals surface area contributed by atoms with Gasteiger partial charge in [-0.1, -0.05) is 6.07 Å². The molecule has 2 N–H and O–H groups in total. The summed E-state index contributed by atoms with van der Waals surface area (Å²) in [6, 6.07) is 7.41. The number of hydrogen-bond donors (Lipinski definition) is 2. The van der Waals surface area contributed by atoms with Crippen molar-refractivity contribution in [2.24, 2.45) is 0 Å². The van der Waals surface area contributed by atoms with Gasteiger partial charge in [0.1, 0.15) is 23.6 Å². The first-order valence-corrected chi connectivity index (χ1v) is 7.35. The molecule has 122 valence electrons. The number of nitrogens with one attached hydrogen (secondary N) is 2. The van der Waals surface area contributed by atoms with Crippen molar-refractivity contribution >= 4 is 17.4 Å². The number of benzene rings is 1. The Morgan fingerprint density at radius 1 is 1.17 bits per heavy atom. The zero-order chi connectivity index (χ0) is 17.0. The van der Waals surface area contributed by atoms with Gasteiger partial charge >= 0.3 is 0 Å². The molecule has 0 atom stereocenters. The van der Waals surface area contributed by atoms with Crippen molar-refractivity contribution in [3.05, 3.63) is 41.9 Å². The van der Waals surface area contributed by atoms with Crippen LogP contribution in [0.4, 0.5) is 11.5 Å². The Labute approximate surface area is 136 Å². The number of aryl methyl sites for hydroxylation is 1. The van der Waals surface area contributed by atoms with Crippen LogP contribution in [0.3, 0.4) is 0 Å². The number of anilines is 2. The summed E-state index contributed by atoms with van der Waals surface area (Å²) < 4.78 is 5.33. The largest absolute Gasteiger partial charge is 0.495 e. The summed E-state index contributed by atoms with van der Waals surface area (Å²) in [4.78, 5) is 20.4. The van der Waals surface area contributed by atoms with Crippen LogP contribution in [-0.2, 0) is 0 Å². The fourth-order valence-electron chi connectivity index (χ4n) is 2.01. The summed E-state index contributed by atoms with van der Waals surface area (Å²) in [6.07, 6.45) is 1.36. The molecule has 6 nitrogen and oxygen atoms in total. The van der Waals surface area contributed by atoms with Crippen LogP contribution in [0.2, 0.25) is 0 Å². The summed E-state index contributed by atoms with van der Waals surface area (Å²) in [5, 5.41) is 6.04. The minimum absolute atomic E-state index is 0.237. The van der Waals surface area contributed by atoms with Gasteiger partial charge in [0.2, 0.25) is 0 Å².